The second-order valence-electron chi connectivity index (χ2n) is 12.2. The number of rotatable bonds is 3. The molecule has 0 aliphatic heterocycles. The van der Waals surface area contributed by atoms with Crippen molar-refractivity contribution in [2.75, 3.05) is 4.90 Å². The number of benzene rings is 7. The van der Waals surface area contributed by atoms with Crippen LogP contribution in [0, 0.1) is 0 Å². The van der Waals surface area contributed by atoms with E-state index in [-0.39, 0.29) is 5.41 Å². The fourth-order valence-electron chi connectivity index (χ4n) is 7.30. The minimum Gasteiger partial charge on any atom is -0.310 e. The van der Waals surface area contributed by atoms with Crippen LogP contribution in [0.5, 0.6) is 0 Å². The van der Waals surface area contributed by atoms with Crippen LogP contribution < -0.4 is 4.90 Å². The summed E-state index contributed by atoms with van der Waals surface area (Å²) in [5.41, 5.74) is 8.94. The van der Waals surface area contributed by atoms with E-state index < -0.39 is 0 Å². The van der Waals surface area contributed by atoms with E-state index in [1.54, 1.807) is 0 Å². The summed E-state index contributed by atoms with van der Waals surface area (Å²) < 4.78 is 2.68. The van der Waals surface area contributed by atoms with Gasteiger partial charge in [-0.3, -0.25) is 0 Å². The lowest BCUT2D eigenvalue weighted by Gasteiger charge is -2.28. The summed E-state index contributed by atoms with van der Waals surface area (Å²) >= 11 is 1.91. The molecule has 1 nitrogen and oxygen atoms in total. The molecule has 1 aliphatic carbocycles. The van der Waals surface area contributed by atoms with Crippen LogP contribution in [0.1, 0.15) is 25.0 Å². The molecule has 0 unspecified atom stereocenters. The molecule has 0 radical (unpaired) electrons. The smallest absolute Gasteiger partial charge is 0.0468 e. The summed E-state index contributed by atoms with van der Waals surface area (Å²) in [5, 5.41) is 7.90. The van der Waals surface area contributed by atoms with Crippen molar-refractivity contribution in [3.63, 3.8) is 0 Å². The predicted molar refractivity (Wildman–Crippen MR) is 187 cm³/mol. The second kappa shape index (κ2) is 9.04. The van der Waals surface area contributed by atoms with Crippen LogP contribution in [-0.2, 0) is 5.41 Å². The lowest BCUT2D eigenvalue weighted by Crippen LogP contribution is -2.16. The van der Waals surface area contributed by atoms with Gasteiger partial charge in [-0.1, -0.05) is 111 Å². The Kier molecular flexibility index (Phi) is 5.18. The third-order valence-electron chi connectivity index (χ3n) is 9.43. The minimum atomic E-state index is -0.0539. The van der Waals surface area contributed by atoms with E-state index >= 15 is 0 Å². The predicted octanol–water partition coefficient (Wildman–Crippen LogP) is 12.1. The topological polar surface area (TPSA) is 3.24 Å². The molecule has 0 saturated carbocycles. The van der Waals surface area contributed by atoms with Gasteiger partial charge in [-0.15, -0.1) is 11.3 Å². The molecule has 0 atom stereocenters. The van der Waals surface area contributed by atoms with E-state index in [4.69, 9.17) is 0 Å². The van der Waals surface area contributed by atoms with Crippen LogP contribution in [0.4, 0.5) is 17.1 Å². The first-order valence-corrected chi connectivity index (χ1v) is 15.8. The normalized spacial score (nSPS) is 13.5. The lowest BCUT2D eigenvalue weighted by molar-refractivity contribution is 0.660. The molecule has 8 aromatic rings. The van der Waals surface area contributed by atoms with Crippen molar-refractivity contribution in [3.05, 3.63) is 151 Å². The van der Waals surface area contributed by atoms with E-state index in [0.717, 1.165) is 5.69 Å². The summed E-state index contributed by atoms with van der Waals surface area (Å²) in [6.07, 6.45) is 0. The molecule has 0 saturated heterocycles. The Labute approximate surface area is 255 Å². The van der Waals surface area contributed by atoms with Gasteiger partial charge < -0.3 is 4.90 Å². The van der Waals surface area contributed by atoms with Gasteiger partial charge in [0.15, 0.2) is 0 Å². The van der Waals surface area contributed by atoms with Crippen LogP contribution in [0.25, 0.3) is 52.8 Å². The SMILES string of the molecule is CC1(C)c2ccccc2-c2ccc(N(c3ccccc3)c3ccc4sc5c(ccc6ccc7ccccc7c65)c4c3)cc21. The summed E-state index contributed by atoms with van der Waals surface area (Å²) in [7, 11) is 0. The molecular weight excluding hydrogens is 539 g/mol. The monoisotopic (exact) mass is 567 g/mol. The molecule has 1 aliphatic rings. The molecule has 0 spiro atoms. The third-order valence-corrected chi connectivity index (χ3v) is 10.6. The molecule has 0 bridgehead atoms. The fourth-order valence-corrected chi connectivity index (χ4v) is 8.56. The highest BCUT2D eigenvalue weighted by atomic mass is 32.1. The van der Waals surface area contributed by atoms with E-state index in [2.05, 4.69) is 158 Å². The first-order chi connectivity index (χ1) is 21.1. The minimum absolute atomic E-state index is 0.0539. The molecule has 1 aromatic heterocycles. The maximum absolute atomic E-state index is 2.42. The lowest BCUT2D eigenvalue weighted by atomic mass is 9.82. The largest absolute Gasteiger partial charge is 0.310 e. The molecule has 204 valence electrons. The summed E-state index contributed by atoms with van der Waals surface area (Å²) in [6.45, 7) is 4.71. The molecule has 0 amide bonds. The third kappa shape index (κ3) is 3.57. The standard InChI is InChI=1S/C41H29NS/c1-41(2)36-15-9-8-14-32(36)33-22-19-30(25-37(33)41)42(28-11-4-3-5-12-28)29-20-23-38-35(24-29)34-21-18-27-17-16-26-10-6-7-13-31(26)39(27)40(34)43-38/h3-25H,1-2H3. The van der Waals surface area contributed by atoms with Crippen LogP contribution in [0.15, 0.2) is 140 Å². The van der Waals surface area contributed by atoms with Crippen molar-refractivity contribution in [3.8, 4) is 11.1 Å². The highest BCUT2D eigenvalue weighted by Crippen LogP contribution is 2.51. The molecule has 9 rings (SSSR count). The highest BCUT2D eigenvalue weighted by molar-refractivity contribution is 7.26. The van der Waals surface area contributed by atoms with Gasteiger partial charge in [0, 0.05) is 48.0 Å². The Hall–Kier alpha value is -4.92. The molecule has 1 heterocycles. The van der Waals surface area contributed by atoms with Gasteiger partial charge in [0.05, 0.1) is 0 Å². The van der Waals surface area contributed by atoms with Gasteiger partial charge in [0.1, 0.15) is 0 Å². The average Bonchev–Trinajstić information content (AvgIpc) is 3.53. The molecule has 0 N–H and O–H groups in total. The Morgan fingerprint density at radius 3 is 2.09 bits per heavy atom. The number of thiophene rings is 1. The van der Waals surface area contributed by atoms with Crippen LogP contribution in [0.2, 0.25) is 0 Å². The van der Waals surface area contributed by atoms with Crippen molar-refractivity contribution in [2.45, 2.75) is 19.3 Å². The molecule has 2 heteroatoms. The summed E-state index contributed by atoms with van der Waals surface area (Å²) in [5.74, 6) is 0. The second-order valence-corrected chi connectivity index (χ2v) is 13.2. The Bertz CT molecular complexity index is 2380. The Morgan fingerprint density at radius 1 is 0.488 bits per heavy atom. The van der Waals surface area contributed by atoms with Crippen molar-refractivity contribution in [1.29, 1.82) is 0 Å². The van der Waals surface area contributed by atoms with Crippen molar-refractivity contribution in [1.82, 2.24) is 0 Å². The molecule has 0 fully saturated rings. The van der Waals surface area contributed by atoms with Crippen molar-refractivity contribution >= 4 is 70.1 Å². The molecule has 43 heavy (non-hydrogen) atoms. The van der Waals surface area contributed by atoms with Crippen molar-refractivity contribution < 1.29 is 0 Å². The zero-order valence-electron chi connectivity index (χ0n) is 24.1. The van der Waals surface area contributed by atoms with Gasteiger partial charge in [-0.05, 0) is 80.9 Å². The first-order valence-electron chi connectivity index (χ1n) is 14.9. The zero-order chi connectivity index (χ0) is 28.7. The van der Waals surface area contributed by atoms with E-state index in [0.29, 0.717) is 0 Å². The zero-order valence-corrected chi connectivity index (χ0v) is 25.0. The average molecular weight is 568 g/mol. The quantitative estimate of drug-likeness (QED) is 0.192. The molecule has 7 aromatic carbocycles. The fraction of sp³-hybridized carbons (Fsp3) is 0.0732. The van der Waals surface area contributed by atoms with E-state index in [1.807, 2.05) is 11.3 Å². The first kappa shape index (κ1) is 24.7. The van der Waals surface area contributed by atoms with Gasteiger partial charge in [0.25, 0.3) is 0 Å². The van der Waals surface area contributed by atoms with Gasteiger partial charge in [-0.2, -0.15) is 0 Å². The number of para-hydroxylation sites is 1. The Balaban J connectivity index is 1.27. The van der Waals surface area contributed by atoms with Gasteiger partial charge in [-0.25, -0.2) is 0 Å². The maximum Gasteiger partial charge on any atom is 0.0468 e. The maximum atomic E-state index is 2.42. The van der Waals surface area contributed by atoms with E-state index in [1.165, 1.54) is 75.3 Å². The number of anilines is 3. The number of hydrogen-bond donors (Lipinski definition) is 0. The van der Waals surface area contributed by atoms with Crippen LogP contribution in [-0.4, -0.2) is 0 Å². The van der Waals surface area contributed by atoms with Gasteiger partial charge >= 0.3 is 0 Å². The Morgan fingerprint density at radius 2 is 1.19 bits per heavy atom. The number of nitrogens with zero attached hydrogens (tertiary/aromatic N) is 1. The number of fused-ring (bicyclic) bond motifs is 10. The van der Waals surface area contributed by atoms with Crippen molar-refractivity contribution in [2.24, 2.45) is 0 Å². The van der Waals surface area contributed by atoms with E-state index in [9.17, 15) is 0 Å². The molecular formula is C41H29NS. The van der Waals surface area contributed by atoms with Crippen LogP contribution >= 0.6 is 11.3 Å². The van der Waals surface area contributed by atoms with Crippen LogP contribution in [0.3, 0.4) is 0 Å². The van der Waals surface area contributed by atoms with Gasteiger partial charge in [0.2, 0.25) is 0 Å². The summed E-state index contributed by atoms with van der Waals surface area (Å²) in [6, 6.07) is 51.5. The summed E-state index contributed by atoms with van der Waals surface area (Å²) in [4.78, 5) is 2.42. The number of hydrogen-bond acceptors (Lipinski definition) is 2. The highest BCUT2D eigenvalue weighted by Gasteiger charge is 2.35.